The quantitative estimate of drug-likeness (QED) is 0.367. The minimum absolute atomic E-state index is 0.0830. The summed E-state index contributed by atoms with van der Waals surface area (Å²) in [6.45, 7) is 5.75. The summed E-state index contributed by atoms with van der Waals surface area (Å²) in [4.78, 5) is 22.4. The van der Waals surface area contributed by atoms with Crippen LogP contribution in [0.15, 0.2) is 36.4 Å². The van der Waals surface area contributed by atoms with Crippen LogP contribution in [0.5, 0.6) is 5.75 Å². The van der Waals surface area contributed by atoms with E-state index >= 15 is 0 Å². The summed E-state index contributed by atoms with van der Waals surface area (Å²) in [6, 6.07) is 9.95. The Morgan fingerprint density at radius 3 is 2.56 bits per heavy atom. The molecule has 0 aliphatic carbocycles. The number of carboxylic acid groups (broad SMARTS) is 1. The average molecular weight is 341 g/mol. The molecule has 1 N–H and O–H groups in total. The lowest BCUT2D eigenvalue weighted by Crippen LogP contribution is -2.02. The first kappa shape index (κ1) is 18.2. The van der Waals surface area contributed by atoms with Crippen LogP contribution < -0.4 is 4.74 Å². The molecule has 6 heteroatoms. The van der Waals surface area contributed by atoms with Crippen LogP contribution in [0.25, 0.3) is 11.6 Å². The summed E-state index contributed by atoms with van der Waals surface area (Å²) in [5, 5.41) is 20.8. The first-order valence-electron chi connectivity index (χ1n) is 7.77. The number of nitrogens with zero attached hydrogens (tertiary/aromatic N) is 1. The van der Waals surface area contributed by atoms with Crippen molar-refractivity contribution in [3.05, 3.63) is 68.8 Å². The number of rotatable bonds is 6. The topological polar surface area (TPSA) is 89.7 Å². The van der Waals surface area contributed by atoms with Crippen LogP contribution in [0.3, 0.4) is 0 Å². The first-order chi connectivity index (χ1) is 11.8. The van der Waals surface area contributed by atoms with Gasteiger partial charge in [-0.25, -0.2) is 4.79 Å². The molecule has 0 spiro atoms. The lowest BCUT2D eigenvalue weighted by atomic mass is 9.96. The van der Waals surface area contributed by atoms with E-state index in [9.17, 15) is 20.0 Å². The van der Waals surface area contributed by atoms with E-state index < -0.39 is 10.9 Å². The van der Waals surface area contributed by atoms with Gasteiger partial charge in [-0.15, -0.1) is 0 Å². The van der Waals surface area contributed by atoms with Gasteiger partial charge in [-0.2, -0.15) is 0 Å². The van der Waals surface area contributed by atoms with Crippen LogP contribution in [-0.2, 0) is 4.79 Å². The summed E-state index contributed by atoms with van der Waals surface area (Å²) in [6.07, 6.45) is 1.44. The van der Waals surface area contributed by atoms with Gasteiger partial charge in [0.05, 0.1) is 17.1 Å². The monoisotopic (exact) mass is 341 g/mol. The van der Waals surface area contributed by atoms with Crippen molar-refractivity contribution in [1.29, 1.82) is 0 Å². The van der Waals surface area contributed by atoms with Crippen LogP contribution >= 0.6 is 0 Å². The molecule has 2 aromatic carbocycles. The molecule has 130 valence electrons. The SMILES string of the molecule is CCOc1ccc(/C=C(\C(=O)O)c2cc(C)ccc2C)cc1[N+](=O)[O-]. The van der Waals surface area contributed by atoms with E-state index in [4.69, 9.17) is 4.74 Å². The maximum Gasteiger partial charge on any atom is 0.336 e. The standard InChI is InChI=1S/C19H19NO5/c1-4-25-18-8-7-14(11-17(18)20(23)24)10-16(19(21)22)15-9-12(2)5-6-13(15)3/h5-11H,4H2,1-3H3,(H,21,22)/b16-10-. The van der Waals surface area contributed by atoms with E-state index in [1.165, 1.54) is 18.2 Å². The number of carbonyl (C=O) groups is 1. The molecule has 0 unspecified atom stereocenters. The fraction of sp³-hybridized carbons (Fsp3) is 0.211. The smallest absolute Gasteiger partial charge is 0.336 e. The Labute approximate surface area is 145 Å². The zero-order chi connectivity index (χ0) is 18.6. The first-order valence-corrected chi connectivity index (χ1v) is 7.77. The van der Waals surface area contributed by atoms with Gasteiger partial charge in [0.25, 0.3) is 0 Å². The molecule has 0 aliphatic rings. The zero-order valence-electron chi connectivity index (χ0n) is 14.3. The van der Waals surface area contributed by atoms with Gasteiger partial charge in [-0.1, -0.05) is 29.8 Å². The lowest BCUT2D eigenvalue weighted by Gasteiger charge is -2.09. The number of hydrogen-bond acceptors (Lipinski definition) is 4. The summed E-state index contributed by atoms with van der Waals surface area (Å²) < 4.78 is 5.25. The molecule has 0 saturated carbocycles. The van der Waals surface area contributed by atoms with Gasteiger partial charge in [0.15, 0.2) is 5.75 Å². The zero-order valence-corrected chi connectivity index (χ0v) is 14.3. The third kappa shape index (κ3) is 4.23. The van der Waals surface area contributed by atoms with Crippen LogP contribution in [0.1, 0.15) is 29.2 Å². The molecular formula is C19H19NO5. The van der Waals surface area contributed by atoms with E-state index in [1.54, 1.807) is 19.1 Å². The fourth-order valence-electron chi connectivity index (χ4n) is 2.49. The average Bonchev–Trinajstić information content (AvgIpc) is 2.56. The number of nitro benzene ring substituents is 1. The Hall–Kier alpha value is -3.15. The van der Waals surface area contributed by atoms with Crippen LogP contribution in [0.2, 0.25) is 0 Å². The van der Waals surface area contributed by atoms with Gasteiger partial charge >= 0.3 is 11.7 Å². The number of ether oxygens (including phenoxy) is 1. The minimum atomic E-state index is -1.09. The van der Waals surface area contributed by atoms with Gasteiger partial charge in [0.1, 0.15) is 0 Å². The number of hydrogen-bond donors (Lipinski definition) is 1. The normalized spacial score (nSPS) is 11.2. The van der Waals surface area contributed by atoms with Crippen molar-refractivity contribution in [2.75, 3.05) is 6.61 Å². The molecule has 0 aliphatic heterocycles. The Bertz CT molecular complexity index is 855. The van der Waals surface area contributed by atoms with Crippen molar-refractivity contribution >= 4 is 23.3 Å². The Balaban J connectivity index is 2.58. The van der Waals surface area contributed by atoms with E-state index in [0.29, 0.717) is 17.7 Å². The maximum absolute atomic E-state index is 11.7. The van der Waals surface area contributed by atoms with Gasteiger partial charge in [0, 0.05) is 6.07 Å². The van der Waals surface area contributed by atoms with Gasteiger partial charge in [0.2, 0.25) is 0 Å². The largest absolute Gasteiger partial charge is 0.487 e. The van der Waals surface area contributed by atoms with Crippen molar-refractivity contribution in [1.82, 2.24) is 0 Å². The lowest BCUT2D eigenvalue weighted by molar-refractivity contribution is -0.385. The second kappa shape index (κ2) is 7.61. The molecular weight excluding hydrogens is 322 g/mol. The molecule has 0 amide bonds. The fourth-order valence-corrected chi connectivity index (χ4v) is 2.49. The number of aliphatic carboxylic acids is 1. The van der Waals surface area contributed by atoms with Gasteiger partial charge < -0.3 is 9.84 Å². The highest BCUT2D eigenvalue weighted by molar-refractivity contribution is 6.21. The molecule has 0 saturated heterocycles. The number of carboxylic acids is 1. The van der Waals surface area contributed by atoms with Crippen molar-refractivity contribution < 1.29 is 19.6 Å². The van der Waals surface area contributed by atoms with E-state index in [0.717, 1.165) is 11.1 Å². The molecule has 2 aromatic rings. The molecule has 0 fully saturated rings. The Kier molecular flexibility index (Phi) is 5.54. The summed E-state index contributed by atoms with van der Waals surface area (Å²) in [5.74, 6) is -0.932. The molecule has 0 aromatic heterocycles. The van der Waals surface area contributed by atoms with Crippen molar-refractivity contribution in [2.45, 2.75) is 20.8 Å². The highest BCUT2D eigenvalue weighted by Gasteiger charge is 2.17. The van der Waals surface area contributed by atoms with Gasteiger partial charge in [-0.3, -0.25) is 10.1 Å². The highest BCUT2D eigenvalue weighted by Crippen LogP contribution is 2.30. The third-order valence-corrected chi connectivity index (χ3v) is 3.70. The number of aryl methyl sites for hydroxylation is 2. The Morgan fingerprint density at radius 1 is 1.24 bits per heavy atom. The predicted molar refractivity (Wildman–Crippen MR) is 95.7 cm³/mol. The van der Waals surface area contributed by atoms with E-state index in [1.807, 2.05) is 26.0 Å². The van der Waals surface area contributed by atoms with Crippen LogP contribution in [0, 0.1) is 24.0 Å². The summed E-state index contributed by atoms with van der Waals surface area (Å²) >= 11 is 0. The third-order valence-electron chi connectivity index (χ3n) is 3.70. The minimum Gasteiger partial charge on any atom is -0.487 e. The highest BCUT2D eigenvalue weighted by atomic mass is 16.6. The van der Waals surface area contributed by atoms with Crippen LogP contribution in [-0.4, -0.2) is 22.6 Å². The number of nitro groups is 1. The van der Waals surface area contributed by atoms with E-state index in [-0.39, 0.29) is 17.0 Å². The second-order valence-corrected chi connectivity index (χ2v) is 5.60. The molecule has 2 rings (SSSR count). The number of benzene rings is 2. The molecule has 25 heavy (non-hydrogen) atoms. The summed E-state index contributed by atoms with van der Waals surface area (Å²) in [5.41, 5.74) is 2.66. The molecule has 6 nitrogen and oxygen atoms in total. The molecule has 0 atom stereocenters. The second-order valence-electron chi connectivity index (χ2n) is 5.60. The Morgan fingerprint density at radius 2 is 1.96 bits per heavy atom. The predicted octanol–water partition coefficient (Wildman–Crippen LogP) is 4.24. The molecule has 0 bridgehead atoms. The van der Waals surface area contributed by atoms with E-state index in [2.05, 4.69) is 0 Å². The van der Waals surface area contributed by atoms with Crippen molar-refractivity contribution in [3.8, 4) is 5.75 Å². The maximum atomic E-state index is 11.7. The van der Waals surface area contributed by atoms with Crippen molar-refractivity contribution in [3.63, 3.8) is 0 Å². The van der Waals surface area contributed by atoms with Crippen molar-refractivity contribution in [2.24, 2.45) is 0 Å². The molecule has 0 heterocycles. The van der Waals surface area contributed by atoms with Crippen LogP contribution in [0.4, 0.5) is 5.69 Å². The summed E-state index contributed by atoms with van der Waals surface area (Å²) in [7, 11) is 0. The molecule has 0 radical (unpaired) electrons. The van der Waals surface area contributed by atoms with Gasteiger partial charge in [-0.05, 0) is 49.6 Å².